The maximum Gasteiger partial charge on any atom is 0.328 e. The Morgan fingerprint density at radius 1 is 0.690 bits per heavy atom. The van der Waals surface area contributed by atoms with Gasteiger partial charge in [0.2, 0.25) is 5.91 Å². The Bertz CT molecular complexity index is 1870. The van der Waals surface area contributed by atoms with Gasteiger partial charge in [-0.3, -0.25) is 25.0 Å². The first-order valence-electron chi connectivity index (χ1n) is 18.7. The fourth-order valence-electron chi connectivity index (χ4n) is 7.01. The zero-order valence-electron chi connectivity index (χ0n) is 33.1. The molecule has 0 unspecified atom stereocenters. The molecule has 2 aliphatic rings. The highest BCUT2D eigenvalue weighted by Gasteiger charge is 2.45. The van der Waals surface area contributed by atoms with Gasteiger partial charge in [-0.25, -0.2) is 26.4 Å². The van der Waals surface area contributed by atoms with Crippen molar-refractivity contribution in [3.05, 3.63) is 79.9 Å². The molecular weight excluding hydrogens is 817 g/mol. The van der Waals surface area contributed by atoms with Gasteiger partial charge in [0.1, 0.15) is 31.8 Å². The van der Waals surface area contributed by atoms with Gasteiger partial charge in [-0.1, -0.05) is 49.3 Å². The van der Waals surface area contributed by atoms with Crippen LogP contribution in [0.3, 0.4) is 0 Å². The van der Waals surface area contributed by atoms with Crippen molar-refractivity contribution < 1.29 is 50.5 Å². The van der Waals surface area contributed by atoms with Gasteiger partial charge in [0.25, 0.3) is 11.4 Å². The summed E-state index contributed by atoms with van der Waals surface area (Å²) in [7, 11) is -3.62. The first-order chi connectivity index (χ1) is 27.1. The van der Waals surface area contributed by atoms with Crippen molar-refractivity contribution in [2.45, 2.75) is 89.1 Å². The van der Waals surface area contributed by atoms with E-state index in [1.54, 1.807) is 12.1 Å². The highest BCUT2D eigenvalue weighted by Crippen LogP contribution is 2.46. The molecule has 0 heterocycles. The summed E-state index contributed by atoms with van der Waals surface area (Å²) in [4.78, 5) is 58.5. The average Bonchev–Trinajstić information content (AvgIpc) is 3.12. The van der Waals surface area contributed by atoms with Crippen LogP contribution < -0.4 is 10.6 Å². The van der Waals surface area contributed by atoms with E-state index >= 15 is 0 Å². The molecule has 0 saturated heterocycles. The molecule has 58 heavy (non-hydrogen) atoms. The first-order valence-corrected chi connectivity index (χ1v) is 23.3. The second-order valence-corrected chi connectivity index (χ2v) is 20.0. The van der Waals surface area contributed by atoms with Gasteiger partial charge in [0, 0.05) is 72.0 Å². The predicted molar refractivity (Wildman–Crippen MR) is 220 cm³/mol. The Morgan fingerprint density at radius 2 is 1.05 bits per heavy atom. The van der Waals surface area contributed by atoms with Crippen molar-refractivity contribution >= 4 is 66.1 Å². The van der Waals surface area contributed by atoms with E-state index in [2.05, 4.69) is 10.6 Å². The fraction of sp³-hybridized carbons (Fsp3) is 0.579. The second kappa shape index (κ2) is 20.9. The summed E-state index contributed by atoms with van der Waals surface area (Å²) in [6, 6.07) is 10.1. The molecule has 0 radical (unpaired) electrons. The second-order valence-electron chi connectivity index (χ2n) is 15.1. The van der Waals surface area contributed by atoms with E-state index in [9.17, 15) is 51.4 Å². The average molecular weight is 869 g/mol. The van der Waals surface area contributed by atoms with Crippen molar-refractivity contribution in [3.8, 4) is 0 Å². The predicted octanol–water partition coefficient (Wildman–Crippen LogP) is 4.38. The van der Waals surface area contributed by atoms with Gasteiger partial charge < -0.3 is 20.1 Å². The zero-order chi connectivity index (χ0) is 43.3. The van der Waals surface area contributed by atoms with Gasteiger partial charge in [0.05, 0.1) is 29.1 Å². The van der Waals surface area contributed by atoms with Crippen LogP contribution in [-0.2, 0) is 56.4 Å². The normalized spacial score (nSPS) is 16.3. The number of ether oxygens (including phenoxy) is 2. The Hall–Kier alpha value is -4.56. The van der Waals surface area contributed by atoms with Crippen LogP contribution in [0.4, 0.5) is 11.4 Å². The summed E-state index contributed by atoms with van der Waals surface area (Å²) < 4.78 is 55.2. The van der Waals surface area contributed by atoms with Crippen LogP contribution in [0.5, 0.6) is 0 Å². The number of nitrogens with one attached hydrogen (secondary N) is 2. The molecule has 2 saturated carbocycles. The molecule has 17 nitrogen and oxygen atoms in total. The molecule has 320 valence electrons. The topological polar surface area (TPSA) is 248 Å². The van der Waals surface area contributed by atoms with E-state index in [4.69, 9.17) is 21.7 Å². The Labute approximate surface area is 344 Å². The zero-order valence-corrected chi connectivity index (χ0v) is 35.5. The van der Waals surface area contributed by atoms with Crippen molar-refractivity contribution in [2.24, 2.45) is 10.8 Å². The standard InChI is InChI=1S/C19H26N2O7S.C19H26N2O6S2/c1-28-17(22)16(13-14-5-7-15(8-6-14)21(24)25)20-18(23)19(9-3-10-19)11-4-12-29(2,26)27;1-27-17(22)16(13-14-5-7-15(8-6-14)21(23)24)20-18(28)19(9-3-10-19)11-4-12-29(2,25)26/h5-8,16H,3-4,9-13H2,1-2H3,(H,20,23);5-8,16H,3-4,9-13H2,1-2H3,(H,20,28)/t2*16-/m00/s1. The number of thiocarbonyl (C=S) groups is 1. The van der Waals surface area contributed by atoms with E-state index in [0.717, 1.165) is 37.5 Å². The molecule has 2 N–H and O–H groups in total. The number of nitro benzene ring substituents is 2. The summed E-state index contributed by atoms with van der Waals surface area (Å²) in [5, 5.41) is 27.4. The molecule has 0 aliphatic heterocycles. The van der Waals surface area contributed by atoms with Crippen LogP contribution in [0.1, 0.15) is 75.3 Å². The molecule has 0 spiro atoms. The lowest BCUT2D eigenvalue weighted by atomic mass is 9.65. The summed E-state index contributed by atoms with van der Waals surface area (Å²) in [6.07, 6.45) is 9.66. The number of sulfone groups is 2. The SMILES string of the molecule is COC(=O)[C@H](Cc1ccc([N+](=O)[O-])cc1)NC(=O)C1(CCCS(C)(=O)=O)CCC1.COC(=O)[C@H](Cc1ccc([N+](=O)[O-])cc1)NC(=S)C1(CCCS(C)(=O)=O)CCC1. The number of hydrogen-bond donors (Lipinski definition) is 2. The molecule has 2 aliphatic carbocycles. The Kier molecular flexibility index (Phi) is 17.2. The van der Waals surface area contributed by atoms with Gasteiger partial charge in [-0.05, 0) is 62.5 Å². The van der Waals surface area contributed by atoms with Crippen LogP contribution in [-0.4, -0.2) is 99.8 Å². The van der Waals surface area contributed by atoms with Gasteiger partial charge in [-0.15, -0.1) is 0 Å². The number of carbonyl (C=O) groups is 3. The third-order valence-corrected chi connectivity index (χ3v) is 13.3. The smallest absolute Gasteiger partial charge is 0.328 e. The van der Waals surface area contributed by atoms with Crippen molar-refractivity contribution in [1.82, 2.24) is 10.6 Å². The lowest BCUT2D eigenvalue weighted by Gasteiger charge is -2.43. The number of amides is 1. The van der Waals surface area contributed by atoms with E-state index in [1.165, 1.54) is 56.9 Å². The molecule has 0 bridgehead atoms. The van der Waals surface area contributed by atoms with Crippen molar-refractivity contribution in [2.75, 3.05) is 38.2 Å². The number of hydrogen-bond acceptors (Lipinski definition) is 14. The summed E-state index contributed by atoms with van der Waals surface area (Å²) in [5.74, 6) is -1.24. The van der Waals surface area contributed by atoms with Gasteiger partial charge in [0.15, 0.2) is 0 Å². The lowest BCUT2D eigenvalue weighted by Crippen LogP contribution is -2.52. The van der Waals surface area contributed by atoms with Gasteiger partial charge in [-0.2, -0.15) is 0 Å². The maximum absolute atomic E-state index is 12.9. The van der Waals surface area contributed by atoms with E-state index in [-0.39, 0.29) is 47.0 Å². The molecule has 4 rings (SSSR count). The van der Waals surface area contributed by atoms with Gasteiger partial charge >= 0.3 is 11.9 Å². The van der Waals surface area contributed by atoms with Crippen LogP contribution in [0.15, 0.2) is 48.5 Å². The number of esters is 2. The minimum absolute atomic E-state index is 0.0191. The number of benzene rings is 2. The number of rotatable bonds is 20. The number of carbonyl (C=O) groups excluding carboxylic acids is 3. The fourth-order valence-corrected chi connectivity index (χ4v) is 8.79. The van der Waals surface area contributed by atoms with Crippen LogP contribution in [0.2, 0.25) is 0 Å². The Morgan fingerprint density at radius 3 is 1.36 bits per heavy atom. The van der Waals surface area contributed by atoms with E-state index < -0.39 is 59.0 Å². The molecule has 2 aromatic carbocycles. The van der Waals surface area contributed by atoms with E-state index in [1.807, 2.05) is 0 Å². The third-order valence-electron chi connectivity index (χ3n) is 10.7. The van der Waals surface area contributed by atoms with Crippen LogP contribution >= 0.6 is 12.2 Å². The largest absolute Gasteiger partial charge is 0.467 e. The third kappa shape index (κ3) is 14.4. The summed E-state index contributed by atoms with van der Waals surface area (Å²) >= 11 is 5.60. The monoisotopic (exact) mass is 868 g/mol. The first kappa shape index (κ1) is 47.8. The molecule has 2 atom stereocenters. The highest BCUT2D eigenvalue weighted by molar-refractivity contribution is 7.90. The quantitative estimate of drug-likeness (QED) is 0.0811. The molecular formula is C38H52N4O13S3. The molecule has 2 fully saturated rings. The highest BCUT2D eigenvalue weighted by atomic mass is 32.2. The van der Waals surface area contributed by atoms with Crippen molar-refractivity contribution in [1.29, 1.82) is 0 Å². The lowest BCUT2D eigenvalue weighted by molar-refractivity contribution is -0.385. The van der Waals surface area contributed by atoms with Crippen LogP contribution in [0, 0.1) is 31.1 Å². The van der Waals surface area contributed by atoms with E-state index in [0.29, 0.717) is 49.1 Å². The Balaban J connectivity index is 0.000000310. The number of nitrogens with zero attached hydrogens (tertiary/aromatic N) is 2. The molecule has 0 aromatic heterocycles. The summed E-state index contributed by atoms with van der Waals surface area (Å²) in [6.45, 7) is 0. The minimum Gasteiger partial charge on any atom is -0.467 e. The minimum atomic E-state index is -3.10. The number of methoxy groups -OCH3 is 2. The van der Waals surface area contributed by atoms with Crippen molar-refractivity contribution in [3.63, 3.8) is 0 Å². The summed E-state index contributed by atoms with van der Waals surface area (Å²) in [5.41, 5.74) is 0.346. The molecule has 2 aromatic rings. The maximum atomic E-state index is 12.9. The molecule has 20 heteroatoms. The van der Waals surface area contributed by atoms with Crippen LogP contribution in [0.25, 0.3) is 0 Å². The molecule has 1 amide bonds. The number of nitro groups is 2. The number of non-ortho nitro benzene ring substituents is 2.